The van der Waals surface area contributed by atoms with Crippen molar-refractivity contribution in [3.8, 4) is 0 Å². The Bertz CT molecular complexity index is 1050. The highest BCUT2D eigenvalue weighted by atomic mass is 35.5. The van der Waals surface area contributed by atoms with Crippen molar-refractivity contribution in [3.05, 3.63) is 54.5 Å². The van der Waals surface area contributed by atoms with Crippen LogP contribution in [-0.4, -0.2) is 30.5 Å². The first-order chi connectivity index (χ1) is 12.4. The number of hydrogen-bond donors (Lipinski definition) is 0. The molecule has 0 aliphatic carbocycles. The van der Waals surface area contributed by atoms with Crippen LogP contribution in [0, 0.1) is 20.2 Å². The van der Waals surface area contributed by atoms with E-state index in [1.165, 1.54) is 24.3 Å². The van der Waals surface area contributed by atoms with E-state index in [1.54, 1.807) is 0 Å². The molecule has 4 rings (SSSR count). The van der Waals surface area contributed by atoms with Crippen LogP contribution in [0.25, 0.3) is 22.1 Å². The fraction of sp³-hybridized carbons (Fsp3) is 0. The lowest BCUT2D eigenvalue weighted by Crippen LogP contribution is -1.89. The zero-order valence-corrected chi connectivity index (χ0v) is 13.7. The number of nitrogens with zero attached hydrogens (tertiary/aromatic N) is 6. The van der Waals surface area contributed by atoms with Crippen molar-refractivity contribution in [1.29, 1.82) is 0 Å². The summed E-state index contributed by atoms with van der Waals surface area (Å²) in [4.78, 5) is 19.8. The molecule has 0 atom stereocenters. The minimum absolute atomic E-state index is 0.0671. The highest BCUT2D eigenvalue weighted by molar-refractivity contribution is 6.35. The largest absolute Gasteiger partial charge is 0.300 e. The van der Waals surface area contributed by atoms with Gasteiger partial charge in [-0.15, -0.1) is 0 Å². The summed E-state index contributed by atoms with van der Waals surface area (Å²) >= 11 is 11.4. The van der Waals surface area contributed by atoms with Crippen LogP contribution in [0.1, 0.15) is 0 Å². The number of aromatic nitrogens is 4. The molecule has 0 amide bonds. The van der Waals surface area contributed by atoms with E-state index >= 15 is 0 Å². The van der Waals surface area contributed by atoms with Gasteiger partial charge >= 0.3 is 11.4 Å². The van der Waals surface area contributed by atoms with Crippen LogP contribution >= 0.6 is 23.2 Å². The number of hydrogen-bond acceptors (Lipinski definition) is 10. The molecule has 2 aromatic heterocycles. The number of nitro benzene ring substituents is 2. The summed E-state index contributed by atoms with van der Waals surface area (Å²) in [7, 11) is 0. The number of rotatable bonds is 2. The van der Waals surface area contributed by atoms with Gasteiger partial charge in [-0.3, -0.25) is 20.2 Å². The summed E-state index contributed by atoms with van der Waals surface area (Å²) in [5.41, 5.74) is 0.211. The second-order valence-corrected chi connectivity index (χ2v) is 5.38. The Morgan fingerprint density at radius 3 is 1.38 bits per heavy atom. The summed E-state index contributed by atoms with van der Waals surface area (Å²) < 4.78 is 8.70. The Labute approximate surface area is 151 Å². The van der Waals surface area contributed by atoms with E-state index in [4.69, 9.17) is 23.2 Å². The second-order valence-electron chi connectivity index (χ2n) is 4.57. The highest BCUT2D eigenvalue weighted by Gasteiger charge is 2.19. The highest BCUT2D eigenvalue weighted by Crippen LogP contribution is 2.28. The standard InChI is InChI=1S/2C6H2ClN3O3/c2*7-3-1-2-4(10(11)12)6-5(3)8-13-9-6/h2*1-2H. The van der Waals surface area contributed by atoms with Crippen LogP contribution in [0.4, 0.5) is 11.4 Å². The van der Waals surface area contributed by atoms with Gasteiger partial charge in [-0.25, -0.2) is 9.26 Å². The first-order valence-corrected chi connectivity index (χ1v) is 7.26. The van der Waals surface area contributed by atoms with E-state index < -0.39 is 9.85 Å². The average molecular weight is 399 g/mol. The SMILES string of the molecule is O=[N+]([O-])c1ccc(Cl)c2nonc12.O=[N+]([O-])c1ccc(Cl)c2nonc12. The summed E-state index contributed by atoms with van der Waals surface area (Å²) in [6, 6.07) is 5.28. The van der Waals surface area contributed by atoms with Gasteiger partial charge in [-0.05, 0) is 32.8 Å². The molecule has 2 heterocycles. The van der Waals surface area contributed by atoms with Crippen molar-refractivity contribution in [2.45, 2.75) is 0 Å². The maximum absolute atomic E-state index is 10.5. The van der Waals surface area contributed by atoms with E-state index in [2.05, 4.69) is 29.9 Å². The lowest BCUT2D eigenvalue weighted by molar-refractivity contribution is -0.383. The molecule has 14 heteroatoms. The van der Waals surface area contributed by atoms with Crippen LogP contribution in [0.2, 0.25) is 10.0 Å². The molecule has 4 aromatic rings. The fourth-order valence-electron chi connectivity index (χ4n) is 1.94. The monoisotopic (exact) mass is 398 g/mol. The maximum atomic E-state index is 10.5. The minimum Gasteiger partial charge on any atom is -0.258 e. The molecule has 0 aliphatic heterocycles. The first kappa shape index (κ1) is 17.4. The zero-order chi connectivity index (χ0) is 18.8. The van der Waals surface area contributed by atoms with E-state index in [-0.39, 0.29) is 43.5 Å². The Morgan fingerprint density at radius 1 is 0.692 bits per heavy atom. The van der Waals surface area contributed by atoms with Crippen molar-refractivity contribution in [2.24, 2.45) is 0 Å². The van der Waals surface area contributed by atoms with Crippen LogP contribution in [-0.2, 0) is 0 Å². The summed E-state index contributed by atoms with van der Waals surface area (Å²) in [5.74, 6) is 0. The number of nitro groups is 2. The third kappa shape index (κ3) is 3.10. The van der Waals surface area contributed by atoms with Gasteiger partial charge < -0.3 is 0 Å². The molecule has 0 saturated carbocycles. The summed E-state index contributed by atoms with van der Waals surface area (Å²) in [6.07, 6.45) is 0. The number of benzene rings is 2. The van der Waals surface area contributed by atoms with Crippen molar-refractivity contribution in [3.63, 3.8) is 0 Å². The van der Waals surface area contributed by atoms with Gasteiger partial charge in [-0.2, -0.15) is 0 Å². The van der Waals surface area contributed by atoms with Crippen LogP contribution in [0.5, 0.6) is 0 Å². The van der Waals surface area contributed by atoms with Gasteiger partial charge in [0.05, 0.1) is 19.9 Å². The van der Waals surface area contributed by atoms with Gasteiger partial charge in [0.1, 0.15) is 0 Å². The Balaban J connectivity index is 0.000000151. The van der Waals surface area contributed by atoms with E-state index in [0.717, 1.165) is 0 Å². The molecule has 0 bridgehead atoms. The van der Waals surface area contributed by atoms with E-state index in [9.17, 15) is 20.2 Å². The second kappa shape index (κ2) is 6.85. The van der Waals surface area contributed by atoms with Crippen molar-refractivity contribution in [1.82, 2.24) is 20.6 Å². The van der Waals surface area contributed by atoms with Gasteiger partial charge in [-0.1, -0.05) is 23.2 Å². The first-order valence-electron chi connectivity index (χ1n) is 6.50. The Hall–Kier alpha value is -3.38. The maximum Gasteiger partial charge on any atom is 0.300 e. The van der Waals surface area contributed by atoms with Crippen LogP contribution < -0.4 is 0 Å². The molecule has 0 aliphatic rings. The van der Waals surface area contributed by atoms with Gasteiger partial charge in [0.2, 0.25) is 11.0 Å². The molecular weight excluding hydrogens is 395 g/mol. The lowest BCUT2D eigenvalue weighted by atomic mass is 10.3. The molecule has 2 aromatic carbocycles. The topological polar surface area (TPSA) is 164 Å². The fourth-order valence-corrected chi connectivity index (χ4v) is 2.32. The van der Waals surface area contributed by atoms with E-state index in [1.807, 2.05) is 0 Å². The summed E-state index contributed by atoms with van der Waals surface area (Å²) in [6.45, 7) is 0. The molecule has 0 saturated heterocycles. The quantitative estimate of drug-likeness (QED) is 0.359. The van der Waals surface area contributed by atoms with E-state index in [0.29, 0.717) is 0 Å². The third-order valence-electron chi connectivity index (χ3n) is 3.08. The predicted octanol–water partition coefficient (Wildman–Crippen LogP) is 3.57. The van der Waals surface area contributed by atoms with Gasteiger partial charge in [0.25, 0.3) is 0 Å². The third-order valence-corrected chi connectivity index (χ3v) is 3.69. The molecule has 0 fully saturated rings. The van der Waals surface area contributed by atoms with Crippen molar-refractivity contribution < 1.29 is 19.1 Å². The van der Waals surface area contributed by atoms with Crippen LogP contribution in [0.15, 0.2) is 33.5 Å². The minimum atomic E-state index is -0.567. The Morgan fingerprint density at radius 2 is 1.04 bits per heavy atom. The molecule has 0 N–H and O–H groups in total. The smallest absolute Gasteiger partial charge is 0.258 e. The zero-order valence-electron chi connectivity index (χ0n) is 12.2. The molecule has 0 spiro atoms. The normalized spacial score (nSPS) is 10.5. The number of halogens is 2. The summed E-state index contributed by atoms with van der Waals surface area (Å²) in [5, 5.41) is 35.2. The van der Waals surface area contributed by atoms with Crippen LogP contribution in [0.3, 0.4) is 0 Å². The van der Waals surface area contributed by atoms with Crippen molar-refractivity contribution >= 4 is 56.6 Å². The lowest BCUT2D eigenvalue weighted by Gasteiger charge is -1.91. The van der Waals surface area contributed by atoms with Gasteiger partial charge in [0, 0.05) is 12.1 Å². The average Bonchev–Trinajstić information content (AvgIpc) is 3.25. The predicted molar refractivity (Wildman–Crippen MR) is 86.9 cm³/mol. The van der Waals surface area contributed by atoms with Gasteiger partial charge in [0.15, 0.2) is 11.0 Å². The number of non-ortho nitro benzene ring substituents is 2. The molecule has 0 unspecified atom stereocenters. The molecule has 0 radical (unpaired) electrons. The molecule has 12 nitrogen and oxygen atoms in total. The van der Waals surface area contributed by atoms with Crippen molar-refractivity contribution in [2.75, 3.05) is 0 Å². The molecule has 26 heavy (non-hydrogen) atoms. The molecular formula is C12H4Cl2N6O6. The number of fused-ring (bicyclic) bond motifs is 2. The Kier molecular flexibility index (Phi) is 4.60. The molecule has 132 valence electrons.